The molecule has 0 amide bonds. The second-order valence-electron chi connectivity index (χ2n) is 3.58. The third-order valence-corrected chi connectivity index (χ3v) is 2.99. The van der Waals surface area contributed by atoms with Crippen LogP contribution in [0.1, 0.15) is 11.1 Å². The molecular formula is C12H9Cl. The minimum atomic E-state index is 0.863. The summed E-state index contributed by atoms with van der Waals surface area (Å²) < 4.78 is 0. The maximum Gasteiger partial charge on any atom is 0.0415 e. The second-order valence-corrected chi connectivity index (χ2v) is 4.02. The highest BCUT2D eigenvalue weighted by Gasteiger charge is 2.13. The first-order valence-electron chi connectivity index (χ1n) is 4.54. The van der Waals surface area contributed by atoms with E-state index in [1.807, 2.05) is 0 Å². The molecule has 0 nitrogen and oxygen atoms in total. The van der Waals surface area contributed by atoms with E-state index in [0.29, 0.717) is 0 Å². The molecule has 0 aromatic heterocycles. The molecule has 0 bridgehead atoms. The third kappa shape index (κ3) is 0.988. The van der Waals surface area contributed by atoms with E-state index in [1.54, 1.807) is 0 Å². The second kappa shape index (κ2) is 2.49. The molecule has 0 aliphatic heterocycles. The maximum atomic E-state index is 6.03. The van der Waals surface area contributed by atoms with Gasteiger partial charge in [-0.2, -0.15) is 0 Å². The molecule has 13 heavy (non-hydrogen) atoms. The number of benzene rings is 2. The number of rotatable bonds is 0. The zero-order valence-corrected chi connectivity index (χ0v) is 7.93. The molecule has 1 aliphatic carbocycles. The van der Waals surface area contributed by atoms with Crippen molar-refractivity contribution in [2.45, 2.75) is 12.8 Å². The standard InChI is InChI=1S/C12H9Cl/c13-11-6-9-3-1-2-8-4-5-10(7-11)12(8)9/h1-3,6-7H,4-5H2. The summed E-state index contributed by atoms with van der Waals surface area (Å²) in [6.07, 6.45) is 2.32. The van der Waals surface area contributed by atoms with Crippen molar-refractivity contribution in [3.05, 3.63) is 46.5 Å². The van der Waals surface area contributed by atoms with Crippen LogP contribution in [0.4, 0.5) is 0 Å². The Kier molecular flexibility index (Phi) is 1.42. The predicted octanol–water partition coefficient (Wildman–Crippen LogP) is 3.59. The zero-order valence-electron chi connectivity index (χ0n) is 7.18. The summed E-state index contributed by atoms with van der Waals surface area (Å²) in [6.45, 7) is 0. The lowest BCUT2D eigenvalue weighted by Gasteiger charge is -2.01. The van der Waals surface area contributed by atoms with Gasteiger partial charge in [0.05, 0.1) is 0 Å². The van der Waals surface area contributed by atoms with Crippen molar-refractivity contribution in [2.75, 3.05) is 0 Å². The largest absolute Gasteiger partial charge is 0.0843 e. The van der Waals surface area contributed by atoms with E-state index in [2.05, 4.69) is 30.3 Å². The topological polar surface area (TPSA) is 0 Å². The molecule has 1 heteroatoms. The molecule has 2 aromatic carbocycles. The van der Waals surface area contributed by atoms with Crippen molar-refractivity contribution in [2.24, 2.45) is 0 Å². The van der Waals surface area contributed by atoms with Gasteiger partial charge in [-0.1, -0.05) is 29.8 Å². The van der Waals surface area contributed by atoms with E-state index in [1.165, 1.54) is 28.3 Å². The number of hydrogen-bond acceptors (Lipinski definition) is 0. The molecule has 0 spiro atoms. The Morgan fingerprint density at radius 3 is 2.77 bits per heavy atom. The highest BCUT2D eigenvalue weighted by molar-refractivity contribution is 6.31. The Morgan fingerprint density at radius 1 is 1.00 bits per heavy atom. The smallest absolute Gasteiger partial charge is 0.0415 e. The molecule has 2 aromatic rings. The van der Waals surface area contributed by atoms with Crippen molar-refractivity contribution in [3.8, 4) is 0 Å². The van der Waals surface area contributed by atoms with Gasteiger partial charge in [0.2, 0.25) is 0 Å². The Labute approximate surface area is 82.1 Å². The summed E-state index contributed by atoms with van der Waals surface area (Å²) in [5, 5.41) is 3.59. The van der Waals surface area contributed by atoms with Crippen molar-refractivity contribution >= 4 is 22.4 Å². The van der Waals surface area contributed by atoms with E-state index < -0.39 is 0 Å². The van der Waals surface area contributed by atoms with Crippen LogP contribution in [0.5, 0.6) is 0 Å². The zero-order chi connectivity index (χ0) is 8.84. The lowest BCUT2D eigenvalue weighted by atomic mass is 10.1. The lowest BCUT2D eigenvalue weighted by Crippen LogP contribution is -1.78. The molecule has 0 saturated carbocycles. The molecule has 0 fully saturated rings. The summed E-state index contributed by atoms with van der Waals surface area (Å²) in [6, 6.07) is 10.6. The normalized spacial score (nSPS) is 13.9. The monoisotopic (exact) mass is 188 g/mol. The molecule has 0 radical (unpaired) electrons. The first kappa shape index (κ1) is 7.40. The van der Waals surface area contributed by atoms with Crippen LogP contribution in [0, 0.1) is 0 Å². The van der Waals surface area contributed by atoms with E-state index in [9.17, 15) is 0 Å². The first-order valence-corrected chi connectivity index (χ1v) is 4.92. The fourth-order valence-corrected chi connectivity index (χ4v) is 2.48. The minimum absolute atomic E-state index is 0.863. The van der Waals surface area contributed by atoms with Crippen LogP contribution in [-0.4, -0.2) is 0 Å². The fraction of sp³-hybridized carbons (Fsp3) is 0.167. The SMILES string of the molecule is Clc1cc2c3c(cccc3c1)CC2. The van der Waals surface area contributed by atoms with E-state index in [4.69, 9.17) is 11.6 Å². The van der Waals surface area contributed by atoms with E-state index >= 15 is 0 Å². The van der Waals surface area contributed by atoms with Crippen molar-refractivity contribution in [1.29, 1.82) is 0 Å². The summed E-state index contributed by atoms with van der Waals surface area (Å²) in [5.41, 5.74) is 2.89. The van der Waals surface area contributed by atoms with Crippen LogP contribution in [0.15, 0.2) is 30.3 Å². The average Bonchev–Trinajstić information content (AvgIpc) is 2.50. The molecular weight excluding hydrogens is 180 g/mol. The van der Waals surface area contributed by atoms with Gasteiger partial charge in [0, 0.05) is 5.02 Å². The van der Waals surface area contributed by atoms with Gasteiger partial charge >= 0.3 is 0 Å². The maximum absolute atomic E-state index is 6.03. The van der Waals surface area contributed by atoms with Crippen molar-refractivity contribution in [1.82, 2.24) is 0 Å². The summed E-state index contributed by atoms with van der Waals surface area (Å²) in [5.74, 6) is 0. The van der Waals surface area contributed by atoms with Gasteiger partial charge < -0.3 is 0 Å². The Morgan fingerprint density at radius 2 is 1.85 bits per heavy atom. The van der Waals surface area contributed by atoms with Crippen LogP contribution in [0.2, 0.25) is 5.02 Å². The van der Waals surface area contributed by atoms with E-state index in [0.717, 1.165) is 11.4 Å². The fourth-order valence-electron chi connectivity index (χ4n) is 2.24. The molecule has 3 rings (SSSR count). The molecule has 0 unspecified atom stereocenters. The Balaban J connectivity index is 2.54. The van der Waals surface area contributed by atoms with Gasteiger partial charge in [-0.05, 0) is 46.9 Å². The summed E-state index contributed by atoms with van der Waals surface area (Å²) in [4.78, 5) is 0. The Bertz CT molecular complexity index is 486. The van der Waals surface area contributed by atoms with Gasteiger partial charge in [0.15, 0.2) is 0 Å². The van der Waals surface area contributed by atoms with Gasteiger partial charge in [0.1, 0.15) is 0 Å². The highest BCUT2D eigenvalue weighted by atomic mass is 35.5. The molecule has 0 saturated heterocycles. The molecule has 1 aliphatic rings. The molecule has 0 N–H and O–H groups in total. The third-order valence-electron chi connectivity index (χ3n) is 2.77. The first-order chi connectivity index (χ1) is 6.34. The van der Waals surface area contributed by atoms with Crippen LogP contribution in [0.25, 0.3) is 10.8 Å². The summed E-state index contributed by atoms with van der Waals surface area (Å²) in [7, 11) is 0. The highest BCUT2D eigenvalue weighted by Crippen LogP contribution is 2.32. The number of aryl methyl sites for hydroxylation is 2. The van der Waals surface area contributed by atoms with Crippen LogP contribution >= 0.6 is 11.6 Å². The van der Waals surface area contributed by atoms with Crippen LogP contribution < -0.4 is 0 Å². The molecule has 0 heterocycles. The average molecular weight is 189 g/mol. The van der Waals surface area contributed by atoms with Crippen LogP contribution in [0.3, 0.4) is 0 Å². The van der Waals surface area contributed by atoms with Gasteiger partial charge in [-0.3, -0.25) is 0 Å². The van der Waals surface area contributed by atoms with Crippen LogP contribution in [-0.2, 0) is 12.8 Å². The lowest BCUT2D eigenvalue weighted by molar-refractivity contribution is 1.02. The minimum Gasteiger partial charge on any atom is -0.0843 e. The molecule has 0 atom stereocenters. The summed E-state index contributed by atoms with van der Waals surface area (Å²) >= 11 is 6.03. The van der Waals surface area contributed by atoms with E-state index in [-0.39, 0.29) is 0 Å². The quantitative estimate of drug-likeness (QED) is 0.593. The number of halogens is 1. The van der Waals surface area contributed by atoms with Crippen molar-refractivity contribution < 1.29 is 0 Å². The predicted molar refractivity (Wildman–Crippen MR) is 56.4 cm³/mol. The molecule has 64 valence electrons. The van der Waals surface area contributed by atoms with Gasteiger partial charge in [-0.15, -0.1) is 0 Å². The van der Waals surface area contributed by atoms with Gasteiger partial charge in [0.25, 0.3) is 0 Å². The Hall–Kier alpha value is -1.01. The van der Waals surface area contributed by atoms with Crippen molar-refractivity contribution in [3.63, 3.8) is 0 Å². The van der Waals surface area contributed by atoms with Gasteiger partial charge in [-0.25, -0.2) is 0 Å². The number of hydrogen-bond donors (Lipinski definition) is 0.